The molecule has 0 aromatic carbocycles. The molecule has 0 bridgehead atoms. The largest absolute Gasteiger partial charge is 0.356 e. The number of halogens is 1. The fourth-order valence-electron chi connectivity index (χ4n) is 1.33. The van der Waals surface area contributed by atoms with Gasteiger partial charge in [0.05, 0.1) is 5.75 Å². The van der Waals surface area contributed by atoms with Gasteiger partial charge in [0.15, 0.2) is 5.96 Å². The number of nitrogens with one attached hydrogen (secondary N) is 2. The quantitative estimate of drug-likeness (QED) is 0.284. The Hall–Kier alpha value is -0.0500. The van der Waals surface area contributed by atoms with E-state index in [1.54, 1.807) is 7.05 Å². The third-order valence-corrected chi connectivity index (χ3v) is 3.26. The number of guanidine groups is 1. The molecule has 0 unspecified atom stereocenters. The zero-order valence-corrected chi connectivity index (χ0v) is 14.7. The van der Waals surface area contributed by atoms with Crippen molar-refractivity contribution in [2.24, 2.45) is 4.99 Å². The predicted molar refractivity (Wildman–Crippen MR) is 88.6 cm³/mol. The molecule has 0 amide bonds. The SMILES string of the molecule is CCCCCCNC(=NC)NCCS(C)(=O)=O.I. The molecule has 0 aliphatic carbocycles. The minimum atomic E-state index is -2.91. The lowest BCUT2D eigenvalue weighted by molar-refractivity contribution is 0.600. The van der Waals surface area contributed by atoms with Gasteiger partial charge in [-0.3, -0.25) is 4.99 Å². The molecule has 110 valence electrons. The molecular weight excluding hydrogens is 365 g/mol. The van der Waals surface area contributed by atoms with Crippen molar-refractivity contribution in [3.63, 3.8) is 0 Å². The first-order chi connectivity index (χ1) is 7.99. The summed E-state index contributed by atoms with van der Waals surface area (Å²) in [5.41, 5.74) is 0. The normalized spacial score (nSPS) is 11.8. The molecule has 5 nitrogen and oxygen atoms in total. The molecule has 0 aromatic rings. The van der Waals surface area contributed by atoms with Crippen molar-refractivity contribution in [3.8, 4) is 0 Å². The summed E-state index contributed by atoms with van der Waals surface area (Å²) in [7, 11) is -1.22. The van der Waals surface area contributed by atoms with Crippen LogP contribution in [0.1, 0.15) is 32.6 Å². The van der Waals surface area contributed by atoms with Crippen molar-refractivity contribution in [1.82, 2.24) is 10.6 Å². The second-order valence-corrected chi connectivity index (χ2v) is 6.38. The molecule has 0 atom stereocenters. The summed E-state index contributed by atoms with van der Waals surface area (Å²) in [6.45, 7) is 3.45. The number of rotatable bonds is 8. The molecule has 18 heavy (non-hydrogen) atoms. The number of unbranched alkanes of at least 4 members (excludes halogenated alkanes) is 3. The van der Waals surface area contributed by atoms with E-state index in [0.29, 0.717) is 12.5 Å². The molecule has 0 aliphatic rings. The van der Waals surface area contributed by atoms with Crippen molar-refractivity contribution < 1.29 is 8.42 Å². The molecule has 0 saturated carbocycles. The van der Waals surface area contributed by atoms with Crippen molar-refractivity contribution >= 4 is 39.8 Å². The Balaban J connectivity index is 0. The van der Waals surface area contributed by atoms with Crippen molar-refractivity contribution in [1.29, 1.82) is 0 Å². The molecule has 0 spiro atoms. The highest BCUT2D eigenvalue weighted by molar-refractivity contribution is 14.0. The fourth-order valence-corrected chi connectivity index (χ4v) is 1.81. The molecule has 2 N–H and O–H groups in total. The first kappa shape index (κ1) is 20.3. The number of hydrogen-bond acceptors (Lipinski definition) is 3. The van der Waals surface area contributed by atoms with E-state index in [2.05, 4.69) is 22.5 Å². The van der Waals surface area contributed by atoms with E-state index in [9.17, 15) is 8.42 Å². The predicted octanol–water partition coefficient (Wildman–Crippen LogP) is 1.39. The van der Waals surface area contributed by atoms with Gasteiger partial charge < -0.3 is 10.6 Å². The summed E-state index contributed by atoms with van der Waals surface area (Å²) in [4.78, 5) is 4.03. The average molecular weight is 391 g/mol. The van der Waals surface area contributed by atoms with E-state index in [1.165, 1.54) is 25.5 Å². The summed E-state index contributed by atoms with van der Waals surface area (Å²) < 4.78 is 21.9. The van der Waals surface area contributed by atoms with Gasteiger partial charge in [0.2, 0.25) is 0 Å². The third-order valence-electron chi connectivity index (χ3n) is 2.31. The van der Waals surface area contributed by atoms with E-state index in [4.69, 9.17) is 0 Å². The molecule has 0 aromatic heterocycles. The van der Waals surface area contributed by atoms with Crippen LogP contribution < -0.4 is 10.6 Å². The van der Waals surface area contributed by atoms with Crippen molar-refractivity contribution in [3.05, 3.63) is 0 Å². The second kappa shape index (κ2) is 12.0. The van der Waals surface area contributed by atoms with Gasteiger partial charge in [-0.05, 0) is 6.42 Å². The Morgan fingerprint density at radius 1 is 1.11 bits per heavy atom. The summed E-state index contributed by atoms with van der Waals surface area (Å²) in [6.07, 6.45) is 6.03. The summed E-state index contributed by atoms with van der Waals surface area (Å²) in [5.74, 6) is 0.800. The topological polar surface area (TPSA) is 70.6 Å². The second-order valence-electron chi connectivity index (χ2n) is 4.12. The van der Waals surface area contributed by atoms with E-state index < -0.39 is 9.84 Å². The van der Waals surface area contributed by atoms with Crippen LogP contribution in [0, 0.1) is 0 Å². The standard InChI is InChI=1S/C11H25N3O2S.HI/c1-4-5-6-7-8-13-11(12-2)14-9-10-17(3,15)16;/h4-10H2,1-3H3,(H2,12,13,14);1H. The van der Waals surface area contributed by atoms with Crippen LogP contribution in [0.5, 0.6) is 0 Å². The van der Waals surface area contributed by atoms with Crippen molar-refractivity contribution in [2.45, 2.75) is 32.6 Å². The fraction of sp³-hybridized carbons (Fsp3) is 0.909. The van der Waals surface area contributed by atoms with Gasteiger partial charge in [0, 0.05) is 26.4 Å². The van der Waals surface area contributed by atoms with Crippen LogP contribution in [0.2, 0.25) is 0 Å². The zero-order valence-electron chi connectivity index (χ0n) is 11.5. The zero-order chi connectivity index (χ0) is 13.1. The van der Waals surface area contributed by atoms with Gasteiger partial charge in [-0.25, -0.2) is 8.42 Å². The smallest absolute Gasteiger partial charge is 0.191 e. The number of aliphatic imine (C=N–C) groups is 1. The molecule has 7 heteroatoms. The minimum Gasteiger partial charge on any atom is -0.356 e. The molecule has 0 radical (unpaired) electrons. The van der Waals surface area contributed by atoms with Crippen LogP contribution >= 0.6 is 24.0 Å². The molecule has 0 fully saturated rings. The van der Waals surface area contributed by atoms with Crippen LogP contribution in [-0.2, 0) is 9.84 Å². The molecule has 0 aliphatic heterocycles. The molecule has 0 heterocycles. The van der Waals surface area contributed by atoms with Gasteiger partial charge in [-0.15, -0.1) is 24.0 Å². The maximum atomic E-state index is 10.9. The Morgan fingerprint density at radius 3 is 2.22 bits per heavy atom. The van der Waals surface area contributed by atoms with Gasteiger partial charge in [-0.1, -0.05) is 26.2 Å². The minimum absolute atomic E-state index is 0. The van der Waals surface area contributed by atoms with Crippen LogP contribution in [0.3, 0.4) is 0 Å². The Bertz CT molecular complexity index is 318. The Kier molecular flexibility index (Phi) is 13.5. The monoisotopic (exact) mass is 391 g/mol. The Labute approximate surface area is 128 Å². The average Bonchev–Trinajstić information content (AvgIpc) is 2.25. The first-order valence-electron chi connectivity index (χ1n) is 6.12. The van der Waals surface area contributed by atoms with Crippen LogP contribution in [-0.4, -0.2) is 46.5 Å². The highest BCUT2D eigenvalue weighted by Gasteiger charge is 2.02. The van der Waals surface area contributed by atoms with Crippen LogP contribution in [0.25, 0.3) is 0 Å². The van der Waals surface area contributed by atoms with E-state index >= 15 is 0 Å². The van der Waals surface area contributed by atoms with Gasteiger partial charge in [0.25, 0.3) is 0 Å². The van der Waals surface area contributed by atoms with Crippen molar-refractivity contribution in [2.75, 3.05) is 32.1 Å². The van der Waals surface area contributed by atoms with Crippen LogP contribution in [0.4, 0.5) is 0 Å². The number of hydrogen-bond donors (Lipinski definition) is 2. The van der Waals surface area contributed by atoms with Crippen LogP contribution in [0.15, 0.2) is 4.99 Å². The Morgan fingerprint density at radius 2 is 1.72 bits per heavy atom. The van der Waals surface area contributed by atoms with E-state index in [-0.39, 0.29) is 29.7 Å². The number of sulfone groups is 1. The molecule has 0 rings (SSSR count). The molecule has 0 saturated heterocycles. The van der Waals surface area contributed by atoms with Gasteiger partial charge in [0.1, 0.15) is 9.84 Å². The van der Waals surface area contributed by atoms with E-state index in [1.807, 2.05) is 0 Å². The highest BCUT2D eigenvalue weighted by atomic mass is 127. The summed E-state index contributed by atoms with van der Waals surface area (Å²) in [6, 6.07) is 0. The maximum absolute atomic E-state index is 10.9. The molecular formula is C11H26IN3O2S. The lowest BCUT2D eigenvalue weighted by atomic mass is 10.2. The third kappa shape index (κ3) is 14.0. The lowest BCUT2D eigenvalue weighted by Crippen LogP contribution is -2.39. The van der Waals surface area contributed by atoms with E-state index in [0.717, 1.165) is 13.0 Å². The maximum Gasteiger partial charge on any atom is 0.191 e. The first-order valence-corrected chi connectivity index (χ1v) is 8.18. The highest BCUT2D eigenvalue weighted by Crippen LogP contribution is 1.96. The summed E-state index contributed by atoms with van der Waals surface area (Å²) >= 11 is 0. The van der Waals surface area contributed by atoms with Gasteiger partial charge in [-0.2, -0.15) is 0 Å². The number of nitrogens with zero attached hydrogens (tertiary/aromatic N) is 1. The lowest BCUT2D eigenvalue weighted by Gasteiger charge is -2.11. The summed E-state index contributed by atoms with van der Waals surface area (Å²) in [5, 5.41) is 6.14. The van der Waals surface area contributed by atoms with Gasteiger partial charge >= 0.3 is 0 Å².